The summed E-state index contributed by atoms with van der Waals surface area (Å²) in [4.78, 5) is 1.25. The molecule has 0 aliphatic carbocycles. The van der Waals surface area contributed by atoms with E-state index in [1.807, 2.05) is 12.1 Å². The molecule has 1 aliphatic heterocycles. The molecule has 0 bridgehead atoms. The highest BCUT2D eigenvalue weighted by Crippen LogP contribution is 2.44. The number of thioether (sulfide) groups is 1. The van der Waals surface area contributed by atoms with Gasteiger partial charge in [0.05, 0.1) is 0 Å². The summed E-state index contributed by atoms with van der Waals surface area (Å²) < 4.78 is 14.0. The summed E-state index contributed by atoms with van der Waals surface area (Å²) in [7, 11) is 0. The first-order valence-corrected chi connectivity index (χ1v) is 7.45. The van der Waals surface area contributed by atoms with E-state index in [-0.39, 0.29) is 17.8 Å². The van der Waals surface area contributed by atoms with Crippen LogP contribution in [0.1, 0.15) is 23.1 Å². The van der Waals surface area contributed by atoms with Crippen molar-refractivity contribution >= 4 is 23.4 Å². The van der Waals surface area contributed by atoms with Crippen LogP contribution in [0.25, 0.3) is 0 Å². The monoisotopic (exact) mass is 293 g/mol. The molecule has 1 aliphatic rings. The summed E-state index contributed by atoms with van der Waals surface area (Å²) in [6, 6.07) is 12.5. The van der Waals surface area contributed by atoms with E-state index in [1.165, 1.54) is 16.5 Å². The molecule has 2 aromatic rings. The van der Waals surface area contributed by atoms with Crippen LogP contribution in [0.3, 0.4) is 0 Å². The predicted molar refractivity (Wildman–Crippen MR) is 78.2 cm³/mol. The van der Waals surface area contributed by atoms with Gasteiger partial charge in [-0.05, 0) is 23.8 Å². The van der Waals surface area contributed by atoms with Gasteiger partial charge in [0, 0.05) is 33.2 Å². The van der Waals surface area contributed by atoms with Crippen molar-refractivity contribution in [2.45, 2.75) is 16.9 Å². The van der Waals surface area contributed by atoms with Crippen LogP contribution >= 0.6 is 23.4 Å². The first-order valence-electron chi connectivity index (χ1n) is 6.09. The first-order chi connectivity index (χ1) is 9.16. The van der Waals surface area contributed by atoms with Crippen LogP contribution in [0.5, 0.6) is 0 Å². The van der Waals surface area contributed by atoms with Gasteiger partial charge in [-0.15, -0.1) is 11.8 Å². The Labute approximate surface area is 121 Å². The van der Waals surface area contributed by atoms with Gasteiger partial charge in [0.1, 0.15) is 5.82 Å². The van der Waals surface area contributed by atoms with Gasteiger partial charge in [-0.1, -0.05) is 35.9 Å². The topological polar surface area (TPSA) is 26.0 Å². The average Bonchev–Trinajstić information content (AvgIpc) is 2.82. The highest BCUT2D eigenvalue weighted by Gasteiger charge is 2.30. The molecule has 1 heterocycles. The summed E-state index contributed by atoms with van der Waals surface area (Å²) in [6.07, 6.45) is 0. The van der Waals surface area contributed by atoms with Gasteiger partial charge in [0.15, 0.2) is 0 Å². The molecule has 2 atom stereocenters. The largest absolute Gasteiger partial charge is 0.323 e. The second-order valence-electron chi connectivity index (χ2n) is 4.65. The van der Waals surface area contributed by atoms with Gasteiger partial charge in [-0.25, -0.2) is 4.39 Å². The zero-order valence-corrected chi connectivity index (χ0v) is 11.7. The molecule has 0 radical (unpaired) electrons. The minimum atomic E-state index is -0.339. The molecule has 0 saturated heterocycles. The molecule has 2 unspecified atom stereocenters. The molecule has 0 aromatic heterocycles. The number of benzene rings is 2. The third kappa shape index (κ3) is 2.38. The van der Waals surface area contributed by atoms with Gasteiger partial charge in [-0.2, -0.15) is 0 Å². The maximum absolute atomic E-state index is 14.0. The molecule has 0 saturated carbocycles. The molecule has 1 nitrogen and oxygen atoms in total. The molecule has 3 rings (SSSR count). The molecular weight excluding hydrogens is 281 g/mol. The quantitative estimate of drug-likeness (QED) is 0.890. The fourth-order valence-corrected chi connectivity index (χ4v) is 3.94. The fourth-order valence-electron chi connectivity index (χ4n) is 2.47. The van der Waals surface area contributed by atoms with Crippen molar-refractivity contribution in [1.29, 1.82) is 0 Å². The van der Waals surface area contributed by atoms with Crippen LogP contribution < -0.4 is 5.73 Å². The van der Waals surface area contributed by atoms with Crippen molar-refractivity contribution in [1.82, 2.24) is 0 Å². The van der Waals surface area contributed by atoms with E-state index in [9.17, 15) is 4.39 Å². The summed E-state index contributed by atoms with van der Waals surface area (Å²) in [6.45, 7) is 0. The van der Waals surface area contributed by atoms with Crippen LogP contribution in [0.2, 0.25) is 5.02 Å². The van der Waals surface area contributed by atoms with Crippen molar-refractivity contribution < 1.29 is 4.39 Å². The third-order valence-corrected chi connectivity index (χ3v) is 4.94. The number of fused-ring (bicyclic) bond motifs is 1. The average molecular weight is 294 g/mol. The fraction of sp³-hybridized carbons (Fsp3) is 0.200. The van der Waals surface area contributed by atoms with E-state index in [4.69, 9.17) is 17.3 Å². The Morgan fingerprint density at radius 3 is 2.84 bits per heavy atom. The zero-order chi connectivity index (χ0) is 13.4. The van der Waals surface area contributed by atoms with Gasteiger partial charge < -0.3 is 5.73 Å². The maximum Gasteiger partial charge on any atom is 0.129 e. The molecule has 98 valence electrons. The van der Waals surface area contributed by atoms with Gasteiger partial charge in [-0.3, -0.25) is 0 Å². The number of rotatable bonds is 2. The number of halogens is 2. The number of hydrogen-bond acceptors (Lipinski definition) is 2. The minimum Gasteiger partial charge on any atom is -0.323 e. The lowest BCUT2D eigenvalue weighted by Crippen LogP contribution is -2.21. The van der Waals surface area contributed by atoms with E-state index in [2.05, 4.69) is 12.1 Å². The summed E-state index contributed by atoms with van der Waals surface area (Å²) in [5.74, 6) is 0.717. The lowest BCUT2D eigenvalue weighted by molar-refractivity contribution is 0.544. The molecule has 0 amide bonds. The second-order valence-corrected chi connectivity index (χ2v) is 6.15. The standard InChI is InChI=1S/C15H13ClFNS/c16-9-5-6-11(13(17)7-9)15(18)12-8-19-14-4-2-1-3-10(12)14/h1-7,12,15H,8,18H2. The second kappa shape index (κ2) is 5.16. The van der Waals surface area contributed by atoms with Gasteiger partial charge in [0.2, 0.25) is 0 Å². The molecule has 0 fully saturated rings. The van der Waals surface area contributed by atoms with Crippen LogP contribution in [0, 0.1) is 5.82 Å². The van der Waals surface area contributed by atoms with Crippen molar-refractivity contribution in [2.24, 2.45) is 5.73 Å². The van der Waals surface area contributed by atoms with E-state index >= 15 is 0 Å². The third-order valence-electron chi connectivity index (χ3n) is 3.49. The summed E-state index contributed by atoms with van der Waals surface area (Å²) in [5, 5.41) is 0.398. The Morgan fingerprint density at radius 2 is 2.05 bits per heavy atom. The van der Waals surface area contributed by atoms with E-state index in [0.29, 0.717) is 10.6 Å². The molecule has 2 aromatic carbocycles. The van der Waals surface area contributed by atoms with Crippen LogP contribution in [0.4, 0.5) is 4.39 Å². The van der Waals surface area contributed by atoms with Crippen molar-refractivity contribution in [3.8, 4) is 0 Å². The molecular formula is C15H13ClFNS. The first kappa shape index (κ1) is 13.0. The number of hydrogen-bond donors (Lipinski definition) is 1. The maximum atomic E-state index is 14.0. The van der Waals surface area contributed by atoms with E-state index < -0.39 is 0 Å². The van der Waals surface area contributed by atoms with Gasteiger partial charge in [0.25, 0.3) is 0 Å². The van der Waals surface area contributed by atoms with Crippen LogP contribution in [-0.4, -0.2) is 5.75 Å². The minimum absolute atomic E-state index is 0.150. The van der Waals surface area contributed by atoms with E-state index in [0.717, 1.165) is 5.75 Å². The van der Waals surface area contributed by atoms with E-state index in [1.54, 1.807) is 23.9 Å². The predicted octanol–water partition coefficient (Wildman–Crippen LogP) is 4.37. The Morgan fingerprint density at radius 1 is 1.26 bits per heavy atom. The lowest BCUT2D eigenvalue weighted by Gasteiger charge is -2.20. The highest BCUT2D eigenvalue weighted by atomic mass is 35.5. The molecule has 2 N–H and O–H groups in total. The molecule has 4 heteroatoms. The zero-order valence-electron chi connectivity index (χ0n) is 10.1. The normalized spacial score (nSPS) is 19.2. The van der Waals surface area contributed by atoms with Gasteiger partial charge >= 0.3 is 0 Å². The van der Waals surface area contributed by atoms with Crippen LogP contribution in [0.15, 0.2) is 47.4 Å². The summed E-state index contributed by atoms with van der Waals surface area (Å²) in [5.41, 5.74) is 8.02. The lowest BCUT2D eigenvalue weighted by atomic mass is 9.89. The Hall–Kier alpha value is -1.03. The Balaban J connectivity index is 1.95. The van der Waals surface area contributed by atoms with Crippen molar-refractivity contribution in [3.63, 3.8) is 0 Å². The SMILES string of the molecule is NC(c1ccc(Cl)cc1F)C1CSc2ccccc21. The van der Waals surface area contributed by atoms with Crippen molar-refractivity contribution in [2.75, 3.05) is 5.75 Å². The molecule has 19 heavy (non-hydrogen) atoms. The summed E-state index contributed by atoms with van der Waals surface area (Å²) >= 11 is 7.56. The Bertz CT molecular complexity index is 617. The highest BCUT2D eigenvalue weighted by molar-refractivity contribution is 7.99. The van der Waals surface area contributed by atoms with Crippen LogP contribution in [-0.2, 0) is 0 Å². The molecule has 0 spiro atoms. The van der Waals surface area contributed by atoms with Crippen molar-refractivity contribution in [3.05, 3.63) is 64.4 Å². The smallest absolute Gasteiger partial charge is 0.129 e. The Kier molecular flexibility index (Phi) is 3.52. The number of nitrogens with two attached hydrogens (primary N) is 1.